The number of fused-ring (bicyclic) bond motifs is 5. The van der Waals surface area contributed by atoms with Crippen molar-refractivity contribution in [2.75, 3.05) is 0 Å². The molecule has 1 saturated heterocycles. The molecule has 2 saturated carbocycles. The third kappa shape index (κ3) is 3.70. The monoisotopic (exact) mass is 512 g/mol. The summed E-state index contributed by atoms with van der Waals surface area (Å²) >= 11 is 0. The Labute approximate surface area is 219 Å². The maximum atomic E-state index is 13.0. The lowest BCUT2D eigenvalue weighted by Gasteiger charge is -2.66. The highest BCUT2D eigenvalue weighted by molar-refractivity contribution is 5.73. The van der Waals surface area contributed by atoms with Crippen molar-refractivity contribution in [3.05, 3.63) is 35.8 Å². The summed E-state index contributed by atoms with van der Waals surface area (Å²) in [7, 11) is 0. The highest BCUT2D eigenvalue weighted by atomic mass is 16.6. The Hall–Kier alpha value is -2.57. The maximum absolute atomic E-state index is 13.0. The van der Waals surface area contributed by atoms with Gasteiger partial charge < -0.3 is 18.6 Å². The Kier molecular flexibility index (Phi) is 5.96. The van der Waals surface area contributed by atoms with Crippen LogP contribution in [-0.4, -0.2) is 35.7 Å². The third-order valence-corrected chi connectivity index (χ3v) is 10.6. The van der Waals surface area contributed by atoms with Crippen molar-refractivity contribution in [1.82, 2.24) is 0 Å². The van der Waals surface area contributed by atoms with E-state index < -0.39 is 34.6 Å². The predicted molar refractivity (Wildman–Crippen MR) is 135 cm³/mol. The number of carbonyl (C=O) groups excluding carboxylic acids is 3. The fourth-order valence-electron chi connectivity index (χ4n) is 9.28. The second kappa shape index (κ2) is 8.47. The summed E-state index contributed by atoms with van der Waals surface area (Å²) in [6.07, 6.45) is 8.13. The fraction of sp³-hybridized carbons (Fsp3) is 0.700. The van der Waals surface area contributed by atoms with Crippen LogP contribution in [0.5, 0.6) is 0 Å². The molecular formula is C30H40O7. The van der Waals surface area contributed by atoms with Gasteiger partial charge in [0.05, 0.1) is 18.9 Å². The molecule has 4 aliphatic rings. The summed E-state index contributed by atoms with van der Waals surface area (Å²) in [6, 6.07) is 2.05. The van der Waals surface area contributed by atoms with Gasteiger partial charge >= 0.3 is 17.9 Å². The van der Waals surface area contributed by atoms with E-state index in [9.17, 15) is 14.4 Å². The number of rotatable bonds is 3. The fourth-order valence-corrected chi connectivity index (χ4v) is 9.28. The van der Waals surface area contributed by atoms with Crippen LogP contribution in [0.25, 0.3) is 0 Å². The molecule has 2 unspecified atom stereocenters. The molecule has 0 spiro atoms. The number of ether oxygens (including phenoxy) is 3. The van der Waals surface area contributed by atoms with Crippen LogP contribution in [0.4, 0.5) is 0 Å². The van der Waals surface area contributed by atoms with E-state index in [-0.39, 0.29) is 41.5 Å². The number of allylic oxidation sites excluding steroid dienone is 1. The molecule has 0 bridgehead atoms. The van der Waals surface area contributed by atoms with Crippen LogP contribution in [0.3, 0.4) is 0 Å². The van der Waals surface area contributed by atoms with Crippen molar-refractivity contribution < 1.29 is 33.0 Å². The molecule has 1 aromatic heterocycles. The number of furan rings is 1. The van der Waals surface area contributed by atoms with E-state index in [1.165, 1.54) is 25.0 Å². The average Bonchev–Trinajstić information content (AvgIpc) is 3.40. The highest BCUT2D eigenvalue weighted by Gasteiger charge is 2.71. The van der Waals surface area contributed by atoms with Crippen LogP contribution >= 0.6 is 0 Å². The minimum absolute atomic E-state index is 0.00338. The first-order valence-electron chi connectivity index (χ1n) is 13.5. The van der Waals surface area contributed by atoms with Crippen molar-refractivity contribution in [1.29, 1.82) is 0 Å². The molecule has 0 aromatic carbocycles. The van der Waals surface area contributed by atoms with Gasteiger partial charge in [-0.1, -0.05) is 32.4 Å². The van der Waals surface area contributed by atoms with Gasteiger partial charge in [0.1, 0.15) is 17.8 Å². The third-order valence-electron chi connectivity index (χ3n) is 10.6. The van der Waals surface area contributed by atoms with Crippen LogP contribution < -0.4 is 0 Å². The summed E-state index contributed by atoms with van der Waals surface area (Å²) in [5.41, 5.74) is 0.494. The van der Waals surface area contributed by atoms with E-state index in [1.54, 1.807) is 6.26 Å². The van der Waals surface area contributed by atoms with Crippen molar-refractivity contribution in [3.8, 4) is 0 Å². The Morgan fingerprint density at radius 2 is 1.68 bits per heavy atom. The Morgan fingerprint density at radius 1 is 1.00 bits per heavy atom. The van der Waals surface area contributed by atoms with E-state index >= 15 is 0 Å². The number of esters is 3. The van der Waals surface area contributed by atoms with Crippen molar-refractivity contribution >= 4 is 17.9 Å². The first kappa shape index (κ1) is 26.1. The molecule has 0 radical (unpaired) electrons. The molecular weight excluding hydrogens is 472 g/mol. The molecule has 3 fully saturated rings. The quantitative estimate of drug-likeness (QED) is 0.290. The van der Waals surface area contributed by atoms with E-state index in [1.807, 2.05) is 20.1 Å². The van der Waals surface area contributed by atoms with Gasteiger partial charge in [-0.25, -0.2) is 0 Å². The van der Waals surface area contributed by atoms with Crippen molar-refractivity contribution in [2.45, 2.75) is 104 Å². The lowest BCUT2D eigenvalue weighted by Crippen LogP contribution is -2.66. The summed E-state index contributed by atoms with van der Waals surface area (Å²) in [5.74, 6) is -0.966. The van der Waals surface area contributed by atoms with E-state index in [2.05, 4.69) is 32.9 Å². The minimum Gasteiger partial charge on any atom is -0.472 e. The van der Waals surface area contributed by atoms with Gasteiger partial charge in [-0.3, -0.25) is 14.4 Å². The number of carbonyl (C=O) groups is 3. The van der Waals surface area contributed by atoms with Crippen LogP contribution in [0, 0.1) is 28.1 Å². The molecule has 7 nitrogen and oxygen atoms in total. The zero-order chi connectivity index (χ0) is 27.0. The molecule has 5 rings (SSSR count). The Balaban J connectivity index is 1.68. The molecule has 1 aliphatic heterocycles. The second-order valence-corrected chi connectivity index (χ2v) is 12.9. The zero-order valence-corrected chi connectivity index (χ0v) is 23.1. The number of hydrogen-bond donors (Lipinski definition) is 0. The molecule has 8 atom stereocenters. The predicted octanol–water partition coefficient (Wildman–Crippen LogP) is 5.73. The molecule has 37 heavy (non-hydrogen) atoms. The van der Waals surface area contributed by atoms with E-state index in [4.69, 9.17) is 18.6 Å². The second-order valence-electron chi connectivity index (χ2n) is 12.9. The first-order valence-corrected chi connectivity index (χ1v) is 13.5. The standard InChI is InChI=1S/C30H40O7/c1-17(31)35-24-14-23-27(3,4)37-26(33)15-25(36-18(2)32)30(23,7)22-10-12-28(5)20(19-11-13-34-16-19)8-9-21(28)29(22,24)6/h9,11,13,16,20,22-25H,8,10,12,14-15H2,1-7H3/t20-,22?,23?,24+,25-,28-,29+,30-/m1/s1. The van der Waals surface area contributed by atoms with Gasteiger partial charge in [0.2, 0.25) is 0 Å². The lowest BCUT2D eigenvalue weighted by atomic mass is 9.39. The Bertz CT molecular complexity index is 1130. The average molecular weight is 513 g/mol. The van der Waals surface area contributed by atoms with E-state index in [0.29, 0.717) is 6.42 Å². The smallest absolute Gasteiger partial charge is 0.310 e. The molecule has 0 amide bonds. The summed E-state index contributed by atoms with van der Waals surface area (Å²) < 4.78 is 23.6. The summed E-state index contributed by atoms with van der Waals surface area (Å²) in [4.78, 5) is 37.7. The van der Waals surface area contributed by atoms with Gasteiger partial charge in [0.25, 0.3) is 0 Å². The molecule has 7 heteroatoms. The van der Waals surface area contributed by atoms with Crippen LogP contribution in [0.15, 0.2) is 34.7 Å². The summed E-state index contributed by atoms with van der Waals surface area (Å²) in [5, 5.41) is 0. The maximum Gasteiger partial charge on any atom is 0.310 e. The summed E-state index contributed by atoms with van der Waals surface area (Å²) in [6.45, 7) is 13.5. The van der Waals surface area contributed by atoms with Gasteiger partial charge in [0, 0.05) is 30.6 Å². The lowest BCUT2D eigenvalue weighted by molar-refractivity contribution is -0.226. The van der Waals surface area contributed by atoms with Crippen LogP contribution in [0.1, 0.15) is 92.1 Å². The van der Waals surface area contributed by atoms with E-state index in [0.717, 1.165) is 19.3 Å². The topological polar surface area (TPSA) is 92.0 Å². The number of cyclic esters (lactones) is 1. The zero-order valence-electron chi connectivity index (χ0n) is 23.1. The van der Waals surface area contributed by atoms with Crippen molar-refractivity contribution in [2.24, 2.45) is 28.1 Å². The van der Waals surface area contributed by atoms with Crippen LogP contribution in [-0.2, 0) is 28.6 Å². The molecule has 202 valence electrons. The van der Waals surface area contributed by atoms with Gasteiger partial charge in [-0.2, -0.15) is 0 Å². The molecule has 3 aliphatic carbocycles. The number of hydrogen-bond acceptors (Lipinski definition) is 7. The van der Waals surface area contributed by atoms with Crippen LogP contribution in [0.2, 0.25) is 0 Å². The normalized spacial score (nSPS) is 42.3. The van der Waals surface area contributed by atoms with Gasteiger partial charge in [0.15, 0.2) is 0 Å². The minimum atomic E-state index is -0.815. The van der Waals surface area contributed by atoms with Crippen molar-refractivity contribution in [3.63, 3.8) is 0 Å². The van der Waals surface area contributed by atoms with Gasteiger partial charge in [-0.15, -0.1) is 0 Å². The highest BCUT2D eigenvalue weighted by Crippen LogP contribution is 2.72. The van der Waals surface area contributed by atoms with Gasteiger partial charge in [-0.05, 0) is 68.4 Å². The SMILES string of the molecule is CC(=O)O[C@H]1CC2C(C)(C)OC(=O)C[C@@H](OC(C)=O)[C@]2(C)C2CC[C@@]3(C)C(=CC[C@@H]3c3ccoc3)[C@@]21C. The molecule has 1 aromatic rings. The first-order chi connectivity index (χ1) is 17.2. The Morgan fingerprint density at radius 3 is 2.30 bits per heavy atom. The molecule has 0 N–H and O–H groups in total. The molecule has 2 heterocycles. The largest absolute Gasteiger partial charge is 0.472 e.